The molecule has 96 valence electrons. The number of halogens is 1. The van der Waals surface area contributed by atoms with Crippen molar-refractivity contribution in [1.82, 2.24) is 19.7 Å². The summed E-state index contributed by atoms with van der Waals surface area (Å²) in [6.07, 6.45) is 4.67. The number of piperidine rings is 1. The number of nitrogens with zero attached hydrogens (tertiary/aromatic N) is 4. The fraction of sp³-hybridized carbons (Fsp3) is 0.538. The maximum Gasteiger partial charge on any atom is 0.162 e. The summed E-state index contributed by atoms with van der Waals surface area (Å²) in [5, 5.41) is 9.65. The zero-order chi connectivity index (χ0) is 12.5. The van der Waals surface area contributed by atoms with E-state index in [1.165, 1.54) is 25.9 Å². The van der Waals surface area contributed by atoms with Crippen LogP contribution in [-0.4, -0.2) is 39.8 Å². The van der Waals surface area contributed by atoms with Crippen molar-refractivity contribution in [2.75, 3.05) is 20.1 Å². The van der Waals surface area contributed by atoms with Gasteiger partial charge in [0, 0.05) is 24.7 Å². The second-order valence-electron chi connectivity index (χ2n) is 5.18. The molecule has 1 unspecified atom stereocenters. The van der Waals surface area contributed by atoms with Crippen LogP contribution in [0.1, 0.15) is 12.8 Å². The van der Waals surface area contributed by atoms with Crippen LogP contribution in [-0.2, 0) is 6.54 Å². The Bertz CT molecular complexity index is 551. The minimum atomic E-state index is 0.456. The van der Waals surface area contributed by atoms with Gasteiger partial charge >= 0.3 is 0 Å². The largest absolute Gasteiger partial charge is 0.331 e. The van der Waals surface area contributed by atoms with Gasteiger partial charge in [-0.25, -0.2) is 0 Å². The van der Waals surface area contributed by atoms with Gasteiger partial charge in [-0.3, -0.25) is 0 Å². The van der Waals surface area contributed by atoms with E-state index >= 15 is 0 Å². The van der Waals surface area contributed by atoms with Crippen molar-refractivity contribution in [3.8, 4) is 0 Å². The van der Waals surface area contributed by atoms with Crippen LogP contribution in [0.15, 0.2) is 18.3 Å². The van der Waals surface area contributed by atoms with E-state index in [4.69, 9.17) is 11.6 Å². The molecule has 5 heteroatoms. The number of aromatic nitrogens is 3. The van der Waals surface area contributed by atoms with Gasteiger partial charge in [0.25, 0.3) is 0 Å². The molecule has 1 aliphatic rings. The number of rotatable bonds is 2. The van der Waals surface area contributed by atoms with Gasteiger partial charge in [0.1, 0.15) is 0 Å². The number of hydrogen-bond donors (Lipinski definition) is 0. The Morgan fingerprint density at radius 1 is 1.44 bits per heavy atom. The van der Waals surface area contributed by atoms with Crippen molar-refractivity contribution < 1.29 is 0 Å². The highest BCUT2D eigenvalue weighted by molar-refractivity contribution is 6.29. The molecule has 1 fully saturated rings. The minimum absolute atomic E-state index is 0.456. The van der Waals surface area contributed by atoms with Gasteiger partial charge in [-0.1, -0.05) is 11.6 Å². The molecular weight excluding hydrogens is 248 g/mol. The molecule has 4 nitrogen and oxygen atoms in total. The van der Waals surface area contributed by atoms with Crippen molar-refractivity contribution >= 4 is 22.6 Å². The normalized spacial score (nSPS) is 21.6. The first-order valence-corrected chi connectivity index (χ1v) is 6.77. The van der Waals surface area contributed by atoms with Crippen LogP contribution in [0.5, 0.6) is 0 Å². The standard InChI is InChI=1S/C13H17ClN4/c1-17-5-2-3-10(8-17)9-18-6-4-11-7-12(14)15-16-13(11)18/h4,6-7,10H,2-3,5,8-9H2,1H3. The Morgan fingerprint density at radius 2 is 2.33 bits per heavy atom. The van der Waals surface area contributed by atoms with Crippen LogP contribution in [0.25, 0.3) is 11.0 Å². The molecule has 1 atom stereocenters. The van der Waals surface area contributed by atoms with Crippen LogP contribution >= 0.6 is 11.6 Å². The summed E-state index contributed by atoms with van der Waals surface area (Å²) >= 11 is 5.85. The maximum atomic E-state index is 5.85. The fourth-order valence-electron chi connectivity index (χ4n) is 2.81. The van der Waals surface area contributed by atoms with Crippen LogP contribution < -0.4 is 0 Å². The summed E-state index contributed by atoms with van der Waals surface area (Å²) in [6, 6.07) is 3.93. The first-order chi connectivity index (χ1) is 8.72. The van der Waals surface area contributed by atoms with Crippen molar-refractivity contribution in [1.29, 1.82) is 0 Å². The van der Waals surface area contributed by atoms with Gasteiger partial charge in [-0.2, -0.15) is 0 Å². The third kappa shape index (κ3) is 2.35. The number of likely N-dealkylation sites (tertiary alicyclic amines) is 1. The molecule has 0 radical (unpaired) electrons. The van der Waals surface area contributed by atoms with E-state index in [0.717, 1.165) is 17.6 Å². The highest BCUT2D eigenvalue weighted by Crippen LogP contribution is 2.21. The average Bonchev–Trinajstić information content (AvgIpc) is 2.72. The molecule has 1 saturated heterocycles. The summed E-state index contributed by atoms with van der Waals surface area (Å²) in [7, 11) is 2.19. The van der Waals surface area contributed by atoms with E-state index < -0.39 is 0 Å². The lowest BCUT2D eigenvalue weighted by Gasteiger charge is -2.29. The van der Waals surface area contributed by atoms with Crippen molar-refractivity contribution in [3.05, 3.63) is 23.5 Å². The van der Waals surface area contributed by atoms with Gasteiger partial charge in [-0.05, 0) is 44.5 Å². The predicted octanol–water partition coefficient (Wildman–Crippen LogP) is 2.43. The lowest BCUT2D eigenvalue weighted by Crippen LogP contribution is -2.34. The summed E-state index contributed by atoms with van der Waals surface area (Å²) in [4.78, 5) is 2.41. The quantitative estimate of drug-likeness (QED) is 0.835. The second-order valence-corrected chi connectivity index (χ2v) is 5.57. The molecule has 0 N–H and O–H groups in total. The molecule has 0 bridgehead atoms. The highest BCUT2D eigenvalue weighted by atomic mass is 35.5. The molecule has 2 aromatic heterocycles. The molecule has 0 aromatic carbocycles. The molecule has 0 aliphatic carbocycles. The molecule has 1 aliphatic heterocycles. The summed E-state index contributed by atoms with van der Waals surface area (Å²) in [5.41, 5.74) is 0.938. The van der Waals surface area contributed by atoms with Crippen LogP contribution in [0.3, 0.4) is 0 Å². The third-order valence-corrected chi connectivity index (χ3v) is 3.84. The van der Waals surface area contributed by atoms with Gasteiger partial charge < -0.3 is 9.47 Å². The lowest BCUT2D eigenvalue weighted by molar-refractivity contribution is 0.195. The van der Waals surface area contributed by atoms with Crippen molar-refractivity contribution in [2.24, 2.45) is 5.92 Å². The minimum Gasteiger partial charge on any atom is -0.331 e. The average molecular weight is 265 g/mol. The Kier molecular flexibility index (Phi) is 3.22. The topological polar surface area (TPSA) is 34.0 Å². The highest BCUT2D eigenvalue weighted by Gasteiger charge is 2.18. The van der Waals surface area contributed by atoms with Gasteiger partial charge in [0.15, 0.2) is 10.8 Å². The van der Waals surface area contributed by atoms with Crippen molar-refractivity contribution in [3.63, 3.8) is 0 Å². The smallest absolute Gasteiger partial charge is 0.162 e. The van der Waals surface area contributed by atoms with Crippen LogP contribution in [0.4, 0.5) is 0 Å². The van der Waals surface area contributed by atoms with Crippen molar-refractivity contribution in [2.45, 2.75) is 19.4 Å². The number of fused-ring (bicyclic) bond motifs is 1. The van der Waals surface area contributed by atoms with E-state index in [1.54, 1.807) is 0 Å². The first kappa shape index (κ1) is 11.9. The molecule has 3 heterocycles. The Hall–Kier alpha value is -1.13. The zero-order valence-corrected chi connectivity index (χ0v) is 11.3. The SMILES string of the molecule is CN1CCCC(Cn2ccc3cc(Cl)nnc32)C1. The summed E-state index contributed by atoms with van der Waals surface area (Å²) < 4.78 is 2.20. The second kappa shape index (κ2) is 4.86. The van der Waals surface area contributed by atoms with E-state index in [2.05, 4.69) is 39.0 Å². The molecular formula is C13H17ClN4. The van der Waals surface area contributed by atoms with E-state index in [-0.39, 0.29) is 0 Å². The van der Waals surface area contributed by atoms with E-state index in [0.29, 0.717) is 11.1 Å². The zero-order valence-electron chi connectivity index (χ0n) is 10.5. The molecule has 3 rings (SSSR count). The van der Waals surface area contributed by atoms with Gasteiger partial charge in [0.2, 0.25) is 0 Å². The number of hydrogen-bond acceptors (Lipinski definition) is 3. The Morgan fingerprint density at radius 3 is 3.17 bits per heavy atom. The molecule has 0 spiro atoms. The molecule has 0 amide bonds. The molecule has 0 saturated carbocycles. The predicted molar refractivity (Wildman–Crippen MR) is 72.8 cm³/mol. The fourth-order valence-corrected chi connectivity index (χ4v) is 2.96. The lowest BCUT2D eigenvalue weighted by atomic mass is 9.98. The van der Waals surface area contributed by atoms with Gasteiger partial charge in [0.05, 0.1) is 0 Å². The van der Waals surface area contributed by atoms with E-state index in [1.807, 2.05) is 6.07 Å². The molecule has 2 aromatic rings. The van der Waals surface area contributed by atoms with Crippen LogP contribution in [0.2, 0.25) is 5.15 Å². The third-order valence-electron chi connectivity index (χ3n) is 3.66. The molecule has 18 heavy (non-hydrogen) atoms. The Balaban J connectivity index is 1.82. The Labute approximate surface area is 112 Å². The van der Waals surface area contributed by atoms with E-state index in [9.17, 15) is 0 Å². The monoisotopic (exact) mass is 264 g/mol. The van der Waals surface area contributed by atoms with Gasteiger partial charge in [-0.15, -0.1) is 10.2 Å². The maximum absolute atomic E-state index is 5.85. The summed E-state index contributed by atoms with van der Waals surface area (Å²) in [6.45, 7) is 3.41. The van der Waals surface area contributed by atoms with Crippen LogP contribution in [0, 0.1) is 5.92 Å². The summed E-state index contributed by atoms with van der Waals surface area (Å²) in [5.74, 6) is 0.705. The first-order valence-electron chi connectivity index (χ1n) is 6.39.